The Morgan fingerprint density at radius 1 is 1.30 bits per heavy atom. The summed E-state index contributed by atoms with van der Waals surface area (Å²) in [6, 6.07) is 2.66. The predicted octanol–water partition coefficient (Wildman–Crippen LogP) is 0.924. The zero-order valence-corrected chi connectivity index (χ0v) is 14.1. The Hall–Kier alpha value is -1.75. The number of hydrogen-bond donors (Lipinski definition) is 1. The van der Waals surface area contributed by atoms with E-state index in [-0.39, 0.29) is 10.9 Å². The van der Waals surface area contributed by atoms with Crippen LogP contribution in [-0.2, 0) is 10.0 Å². The van der Waals surface area contributed by atoms with Crippen molar-refractivity contribution in [3.05, 3.63) is 29.5 Å². The zero-order valence-electron chi connectivity index (χ0n) is 12.4. The van der Waals surface area contributed by atoms with E-state index in [9.17, 15) is 13.2 Å². The third-order valence-corrected chi connectivity index (χ3v) is 5.98. The van der Waals surface area contributed by atoms with Crippen molar-refractivity contribution in [2.24, 2.45) is 0 Å². The lowest BCUT2D eigenvalue weighted by molar-refractivity contribution is 0.0991. The monoisotopic (exact) mass is 356 g/mol. The summed E-state index contributed by atoms with van der Waals surface area (Å²) in [6.45, 7) is 2.13. The molecule has 1 aliphatic rings. The molecule has 3 heterocycles. The highest BCUT2D eigenvalue weighted by Crippen LogP contribution is 2.21. The number of sulfonamides is 1. The van der Waals surface area contributed by atoms with Gasteiger partial charge in [0.1, 0.15) is 0 Å². The zero-order chi connectivity index (χ0) is 16.4. The van der Waals surface area contributed by atoms with E-state index in [0.29, 0.717) is 31.3 Å². The largest absolute Gasteiger partial charge is 0.438 e. The van der Waals surface area contributed by atoms with Crippen molar-refractivity contribution in [2.45, 2.75) is 5.09 Å². The van der Waals surface area contributed by atoms with E-state index in [0.717, 1.165) is 0 Å². The maximum absolute atomic E-state index is 12.5. The van der Waals surface area contributed by atoms with Gasteiger partial charge in [-0.1, -0.05) is 0 Å². The van der Waals surface area contributed by atoms with E-state index in [1.807, 2.05) is 7.05 Å². The number of carbonyl (C=O) groups is 1. The molecule has 124 valence electrons. The number of piperazine rings is 1. The van der Waals surface area contributed by atoms with Crippen molar-refractivity contribution in [1.82, 2.24) is 14.2 Å². The highest BCUT2D eigenvalue weighted by atomic mass is 32.2. The van der Waals surface area contributed by atoms with Crippen LogP contribution in [0.25, 0.3) is 0 Å². The molecule has 1 aliphatic heterocycles. The third kappa shape index (κ3) is 3.44. The molecule has 10 heteroatoms. The van der Waals surface area contributed by atoms with Gasteiger partial charge in [0, 0.05) is 37.8 Å². The van der Waals surface area contributed by atoms with Crippen LogP contribution in [0, 0.1) is 0 Å². The SMILES string of the molecule is CN1CCN(S(=O)(=O)c2ccc(C(=O)Nc3nccs3)o2)CC1. The second-order valence-electron chi connectivity index (χ2n) is 5.12. The number of anilines is 1. The van der Waals surface area contributed by atoms with E-state index in [4.69, 9.17) is 4.42 Å². The molecule has 1 saturated heterocycles. The van der Waals surface area contributed by atoms with Gasteiger partial charge < -0.3 is 9.32 Å². The number of nitrogens with one attached hydrogen (secondary N) is 1. The molecule has 0 unspecified atom stereocenters. The van der Waals surface area contributed by atoms with Crippen LogP contribution < -0.4 is 5.32 Å². The van der Waals surface area contributed by atoms with Crippen molar-refractivity contribution < 1.29 is 17.6 Å². The molecule has 0 saturated carbocycles. The maximum atomic E-state index is 12.5. The summed E-state index contributed by atoms with van der Waals surface area (Å²) in [5, 5.41) is 4.48. The molecule has 0 aliphatic carbocycles. The third-order valence-electron chi connectivity index (χ3n) is 3.51. The fourth-order valence-electron chi connectivity index (χ4n) is 2.18. The van der Waals surface area contributed by atoms with Crippen molar-refractivity contribution in [1.29, 1.82) is 0 Å². The van der Waals surface area contributed by atoms with Crippen LogP contribution in [0.4, 0.5) is 5.13 Å². The van der Waals surface area contributed by atoms with Crippen LogP contribution in [0.5, 0.6) is 0 Å². The van der Waals surface area contributed by atoms with Crippen LogP contribution in [0.3, 0.4) is 0 Å². The van der Waals surface area contributed by atoms with Gasteiger partial charge in [-0.2, -0.15) is 4.31 Å². The number of amides is 1. The average molecular weight is 356 g/mol. The normalized spacial score (nSPS) is 17.3. The van der Waals surface area contributed by atoms with Crippen molar-refractivity contribution in [3.8, 4) is 0 Å². The van der Waals surface area contributed by atoms with Gasteiger partial charge in [-0.25, -0.2) is 13.4 Å². The number of nitrogens with zero attached hydrogens (tertiary/aromatic N) is 3. The molecule has 3 rings (SSSR count). The Labute approximate surface area is 137 Å². The van der Waals surface area contributed by atoms with Crippen LogP contribution in [0.2, 0.25) is 0 Å². The van der Waals surface area contributed by atoms with Crippen LogP contribution >= 0.6 is 11.3 Å². The minimum atomic E-state index is -3.71. The quantitative estimate of drug-likeness (QED) is 0.875. The lowest BCUT2D eigenvalue weighted by Crippen LogP contribution is -2.46. The number of furan rings is 1. The maximum Gasteiger partial charge on any atom is 0.293 e. The summed E-state index contributed by atoms with van der Waals surface area (Å²) in [5.41, 5.74) is 0. The first kappa shape index (κ1) is 16.1. The van der Waals surface area contributed by atoms with E-state index >= 15 is 0 Å². The van der Waals surface area contributed by atoms with E-state index in [1.165, 1.54) is 27.8 Å². The van der Waals surface area contributed by atoms with E-state index in [2.05, 4.69) is 15.2 Å². The fraction of sp³-hybridized carbons (Fsp3) is 0.385. The summed E-state index contributed by atoms with van der Waals surface area (Å²) in [5.74, 6) is -0.590. The molecular weight excluding hydrogens is 340 g/mol. The molecule has 23 heavy (non-hydrogen) atoms. The van der Waals surface area contributed by atoms with E-state index < -0.39 is 15.9 Å². The first-order chi connectivity index (χ1) is 11.0. The molecule has 2 aromatic heterocycles. The number of hydrogen-bond acceptors (Lipinski definition) is 7. The number of carbonyl (C=O) groups excluding carboxylic acids is 1. The Morgan fingerprint density at radius 3 is 2.70 bits per heavy atom. The summed E-state index contributed by atoms with van der Waals surface area (Å²) < 4.78 is 31.7. The Morgan fingerprint density at radius 2 is 2.04 bits per heavy atom. The average Bonchev–Trinajstić information content (AvgIpc) is 3.19. The Balaban J connectivity index is 1.74. The Kier molecular flexibility index (Phi) is 4.48. The van der Waals surface area contributed by atoms with Crippen LogP contribution in [0.1, 0.15) is 10.6 Å². The standard InChI is InChI=1S/C13H16N4O4S2/c1-16-5-7-17(8-6-16)23(19,20)11-3-2-10(21-11)12(18)15-13-14-4-9-22-13/h2-4,9H,5-8H2,1H3,(H,14,15,18). The Bertz CT molecular complexity index is 777. The topological polar surface area (TPSA) is 95.8 Å². The summed E-state index contributed by atoms with van der Waals surface area (Å²) in [4.78, 5) is 18.0. The summed E-state index contributed by atoms with van der Waals surface area (Å²) >= 11 is 1.27. The fourth-order valence-corrected chi connectivity index (χ4v) is 4.04. The second kappa shape index (κ2) is 6.40. The molecule has 1 amide bonds. The molecule has 1 N–H and O–H groups in total. The van der Waals surface area contributed by atoms with E-state index in [1.54, 1.807) is 11.6 Å². The molecule has 0 spiro atoms. The molecule has 0 atom stereocenters. The highest BCUT2D eigenvalue weighted by Gasteiger charge is 2.30. The predicted molar refractivity (Wildman–Crippen MR) is 85.0 cm³/mol. The van der Waals surface area contributed by atoms with Crippen molar-refractivity contribution in [3.63, 3.8) is 0 Å². The lowest BCUT2D eigenvalue weighted by atomic mass is 10.4. The van der Waals surface area contributed by atoms with Crippen LogP contribution in [-0.4, -0.2) is 61.7 Å². The number of aromatic nitrogens is 1. The van der Waals surface area contributed by atoms with Crippen molar-refractivity contribution >= 4 is 32.4 Å². The molecule has 2 aromatic rings. The second-order valence-corrected chi connectivity index (χ2v) is 7.88. The molecule has 0 radical (unpaired) electrons. The van der Waals surface area contributed by atoms with Gasteiger partial charge in [0.05, 0.1) is 0 Å². The summed E-state index contributed by atoms with van der Waals surface area (Å²) in [6.07, 6.45) is 1.56. The van der Waals surface area contributed by atoms with Crippen LogP contribution in [0.15, 0.2) is 33.2 Å². The number of thiazole rings is 1. The smallest absolute Gasteiger partial charge is 0.293 e. The van der Waals surface area contributed by atoms with Gasteiger partial charge in [0.25, 0.3) is 15.9 Å². The van der Waals surface area contributed by atoms with Gasteiger partial charge in [-0.3, -0.25) is 10.1 Å². The molecule has 0 bridgehead atoms. The minimum absolute atomic E-state index is 0.0621. The van der Waals surface area contributed by atoms with Gasteiger partial charge in [-0.05, 0) is 19.2 Å². The molecular formula is C13H16N4O4S2. The summed E-state index contributed by atoms with van der Waals surface area (Å²) in [7, 11) is -1.77. The molecule has 1 fully saturated rings. The number of likely N-dealkylation sites (N-methyl/N-ethyl adjacent to an activating group) is 1. The van der Waals surface area contributed by atoms with Crippen molar-refractivity contribution in [2.75, 3.05) is 38.5 Å². The van der Waals surface area contributed by atoms with Gasteiger partial charge in [-0.15, -0.1) is 11.3 Å². The molecule has 0 aromatic carbocycles. The first-order valence-electron chi connectivity index (χ1n) is 6.96. The molecule has 8 nitrogen and oxygen atoms in total. The minimum Gasteiger partial charge on any atom is -0.438 e. The van der Waals surface area contributed by atoms with Gasteiger partial charge >= 0.3 is 0 Å². The lowest BCUT2D eigenvalue weighted by Gasteiger charge is -2.30. The highest BCUT2D eigenvalue weighted by molar-refractivity contribution is 7.89. The number of rotatable bonds is 4. The van der Waals surface area contributed by atoms with Gasteiger partial charge in [0.2, 0.25) is 5.09 Å². The van der Waals surface area contributed by atoms with Gasteiger partial charge in [0.15, 0.2) is 10.9 Å². The first-order valence-corrected chi connectivity index (χ1v) is 9.28.